The number of rotatable bonds is 4. The Bertz CT molecular complexity index is 974. The van der Waals surface area contributed by atoms with E-state index in [-0.39, 0.29) is 0 Å². The fraction of sp³-hybridized carbons (Fsp3) is 0.300. The molecule has 1 N–H and O–H groups in total. The van der Waals surface area contributed by atoms with Gasteiger partial charge in [-0.3, -0.25) is 0 Å². The zero-order valence-corrected chi connectivity index (χ0v) is 15.9. The SMILES string of the molecule is COc1ccc(-c2nn(C[NH+]3CCc4ccccc4C3)c(=S)n2C)cc1. The third kappa shape index (κ3) is 3.18. The molecular formula is C20H23N4OS+. The van der Waals surface area contributed by atoms with E-state index < -0.39 is 0 Å². The molecule has 4 rings (SSSR count). The van der Waals surface area contributed by atoms with E-state index in [1.54, 1.807) is 7.11 Å². The molecule has 1 aromatic heterocycles. The zero-order chi connectivity index (χ0) is 18.1. The number of nitrogens with one attached hydrogen (secondary N) is 1. The van der Waals surface area contributed by atoms with Crippen molar-refractivity contribution in [1.29, 1.82) is 0 Å². The molecule has 1 aliphatic rings. The molecule has 1 unspecified atom stereocenters. The van der Waals surface area contributed by atoms with Crippen LogP contribution in [0.5, 0.6) is 5.75 Å². The maximum absolute atomic E-state index is 5.63. The minimum atomic E-state index is 0.752. The van der Waals surface area contributed by atoms with Crippen LogP contribution in [0.2, 0.25) is 0 Å². The Morgan fingerprint density at radius 1 is 1.12 bits per heavy atom. The average Bonchev–Trinajstić information content (AvgIpc) is 2.96. The summed E-state index contributed by atoms with van der Waals surface area (Å²) in [6.45, 7) is 2.91. The Labute approximate surface area is 158 Å². The monoisotopic (exact) mass is 367 g/mol. The average molecular weight is 367 g/mol. The maximum atomic E-state index is 5.63. The van der Waals surface area contributed by atoms with Crippen LogP contribution in [0.15, 0.2) is 48.5 Å². The molecule has 0 bridgehead atoms. The summed E-state index contributed by atoms with van der Waals surface area (Å²) in [5.74, 6) is 1.72. The molecule has 0 saturated carbocycles. The first-order valence-corrected chi connectivity index (χ1v) is 9.25. The highest BCUT2D eigenvalue weighted by Crippen LogP contribution is 2.20. The number of hydrogen-bond donors (Lipinski definition) is 1. The molecule has 2 heterocycles. The topological polar surface area (TPSA) is 36.4 Å². The van der Waals surface area contributed by atoms with Crippen molar-refractivity contribution in [3.63, 3.8) is 0 Å². The molecule has 134 valence electrons. The molecule has 2 aromatic carbocycles. The zero-order valence-electron chi connectivity index (χ0n) is 15.1. The molecule has 3 aromatic rings. The molecule has 5 nitrogen and oxygen atoms in total. The maximum Gasteiger partial charge on any atom is 0.202 e. The van der Waals surface area contributed by atoms with Crippen LogP contribution in [0, 0.1) is 4.77 Å². The van der Waals surface area contributed by atoms with Gasteiger partial charge >= 0.3 is 0 Å². The second kappa shape index (κ2) is 7.05. The molecule has 6 heteroatoms. The lowest BCUT2D eigenvalue weighted by atomic mass is 10.0. The normalized spacial score (nSPS) is 16.3. The Hall–Kier alpha value is -2.44. The summed E-state index contributed by atoms with van der Waals surface area (Å²) in [5, 5.41) is 4.80. The van der Waals surface area contributed by atoms with Crippen molar-refractivity contribution in [2.75, 3.05) is 13.7 Å². The number of hydrogen-bond acceptors (Lipinski definition) is 3. The van der Waals surface area contributed by atoms with Crippen LogP contribution in [-0.4, -0.2) is 28.0 Å². The fourth-order valence-electron chi connectivity index (χ4n) is 3.57. The quantitative estimate of drug-likeness (QED) is 0.719. The Morgan fingerprint density at radius 3 is 2.58 bits per heavy atom. The van der Waals surface area contributed by atoms with Crippen LogP contribution >= 0.6 is 12.2 Å². The van der Waals surface area contributed by atoms with Gasteiger partial charge in [0.15, 0.2) is 12.5 Å². The summed E-state index contributed by atoms with van der Waals surface area (Å²) < 4.78 is 9.93. The summed E-state index contributed by atoms with van der Waals surface area (Å²) in [5.41, 5.74) is 3.95. The van der Waals surface area contributed by atoms with Crippen LogP contribution < -0.4 is 9.64 Å². The smallest absolute Gasteiger partial charge is 0.202 e. The number of quaternary nitrogens is 1. The van der Waals surface area contributed by atoms with Crippen LogP contribution in [-0.2, 0) is 26.7 Å². The third-order valence-electron chi connectivity index (χ3n) is 5.07. The van der Waals surface area contributed by atoms with Crippen molar-refractivity contribution in [2.24, 2.45) is 7.05 Å². The largest absolute Gasteiger partial charge is 0.497 e. The van der Waals surface area contributed by atoms with E-state index in [4.69, 9.17) is 22.1 Å². The van der Waals surface area contributed by atoms with E-state index in [2.05, 4.69) is 24.3 Å². The molecular weight excluding hydrogens is 344 g/mol. The van der Waals surface area contributed by atoms with Gasteiger partial charge in [-0.05, 0) is 42.0 Å². The van der Waals surface area contributed by atoms with Crippen LogP contribution in [0.3, 0.4) is 0 Å². The van der Waals surface area contributed by atoms with Crippen LogP contribution in [0.25, 0.3) is 11.4 Å². The Balaban J connectivity index is 1.57. The van der Waals surface area contributed by atoms with Crippen molar-refractivity contribution < 1.29 is 9.64 Å². The number of nitrogens with zero attached hydrogens (tertiary/aromatic N) is 3. The lowest BCUT2D eigenvalue weighted by Gasteiger charge is -2.25. The van der Waals surface area contributed by atoms with Gasteiger partial charge in [-0.2, -0.15) is 4.68 Å². The molecule has 1 aliphatic heterocycles. The van der Waals surface area contributed by atoms with E-state index in [1.807, 2.05) is 40.6 Å². The summed E-state index contributed by atoms with van der Waals surface area (Å²) in [7, 11) is 3.65. The molecule has 0 fully saturated rings. The van der Waals surface area contributed by atoms with E-state index in [1.165, 1.54) is 16.0 Å². The van der Waals surface area contributed by atoms with Gasteiger partial charge in [0, 0.05) is 24.6 Å². The van der Waals surface area contributed by atoms with Gasteiger partial charge in [0.1, 0.15) is 12.3 Å². The molecule has 0 radical (unpaired) electrons. The van der Waals surface area contributed by atoms with Crippen molar-refractivity contribution in [1.82, 2.24) is 14.3 Å². The Kier molecular flexibility index (Phi) is 4.61. The highest BCUT2D eigenvalue weighted by molar-refractivity contribution is 7.71. The lowest BCUT2D eigenvalue weighted by Crippen LogP contribution is -3.11. The second-order valence-electron chi connectivity index (χ2n) is 6.75. The number of fused-ring (bicyclic) bond motifs is 1. The Morgan fingerprint density at radius 2 is 1.85 bits per heavy atom. The van der Waals surface area contributed by atoms with Gasteiger partial charge in [-0.15, -0.1) is 5.10 Å². The first kappa shape index (κ1) is 17.0. The minimum Gasteiger partial charge on any atom is -0.497 e. The van der Waals surface area contributed by atoms with Gasteiger partial charge in [0.25, 0.3) is 0 Å². The first-order chi connectivity index (χ1) is 12.7. The number of aromatic nitrogens is 3. The van der Waals surface area contributed by atoms with E-state index in [9.17, 15) is 0 Å². The van der Waals surface area contributed by atoms with Crippen LogP contribution in [0.1, 0.15) is 11.1 Å². The van der Waals surface area contributed by atoms with Gasteiger partial charge in [-0.25, -0.2) is 0 Å². The lowest BCUT2D eigenvalue weighted by molar-refractivity contribution is -0.939. The predicted molar refractivity (Wildman–Crippen MR) is 104 cm³/mol. The van der Waals surface area contributed by atoms with E-state index in [0.717, 1.165) is 48.1 Å². The summed E-state index contributed by atoms with van der Waals surface area (Å²) >= 11 is 5.63. The predicted octanol–water partition coefficient (Wildman–Crippen LogP) is 2.23. The second-order valence-corrected chi connectivity index (χ2v) is 7.11. The van der Waals surface area contributed by atoms with Crippen molar-refractivity contribution in [3.8, 4) is 17.1 Å². The number of ether oxygens (including phenoxy) is 1. The molecule has 26 heavy (non-hydrogen) atoms. The van der Waals surface area contributed by atoms with Gasteiger partial charge in [0.05, 0.1) is 13.7 Å². The highest BCUT2D eigenvalue weighted by Gasteiger charge is 2.21. The highest BCUT2D eigenvalue weighted by atomic mass is 32.1. The van der Waals surface area contributed by atoms with E-state index >= 15 is 0 Å². The van der Waals surface area contributed by atoms with E-state index in [0.29, 0.717) is 0 Å². The summed E-state index contributed by atoms with van der Waals surface area (Å²) in [4.78, 5) is 1.49. The van der Waals surface area contributed by atoms with Crippen molar-refractivity contribution in [2.45, 2.75) is 19.6 Å². The van der Waals surface area contributed by atoms with Crippen molar-refractivity contribution >= 4 is 12.2 Å². The van der Waals surface area contributed by atoms with Gasteiger partial charge in [0.2, 0.25) is 4.77 Å². The van der Waals surface area contributed by atoms with Gasteiger partial charge < -0.3 is 14.2 Å². The summed E-state index contributed by atoms with van der Waals surface area (Å²) in [6, 6.07) is 16.6. The molecule has 0 spiro atoms. The fourth-order valence-corrected chi connectivity index (χ4v) is 3.76. The van der Waals surface area contributed by atoms with Gasteiger partial charge in [-0.1, -0.05) is 24.3 Å². The molecule has 0 saturated heterocycles. The summed E-state index contributed by atoms with van der Waals surface area (Å²) in [6.07, 6.45) is 1.11. The number of benzene rings is 2. The molecule has 1 atom stereocenters. The minimum absolute atomic E-state index is 0.752. The standard InChI is InChI=1S/C20H22N4OS/c1-22-19(16-7-9-18(25-2)10-8-16)21-24(20(22)26)14-23-12-11-15-5-3-4-6-17(15)13-23/h3-10H,11-14H2,1-2H3/p+1. The molecule has 0 aliphatic carbocycles. The molecule has 0 amide bonds. The number of methoxy groups -OCH3 is 1. The third-order valence-corrected chi connectivity index (χ3v) is 5.55. The van der Waals surface area contributed by atoms with Crippen molar-refractivity contribution in [3.05, 3.63) is 64.4 Å². The van der Waals surface area contributed by atoms with Crippen LogP contribution in [0.4, 0.5) is 0 Å². The first-order valence-electron chi connectivity index (χ1n) is 8.84.